The van der Waals surface area contributed by atoms with Crippen molar-refractivity contribution in [1.82, 2.24) is 41.4 Å². The average Bonchev–Trinajstić information content (AvgIpc) is 4.11. The number of benzene rings is 2. The van der Waals surface area contributed by atoms with Gasteiger partial charge in [-0.2, -0.15) is 0 Å². The number of carbonyl (C=O) groups excluding carboxylic acids is 8. The number of unbranched alkanes of at least 4 members (excludes halogenated alkanes) is 1. The van der Waals surface area contributed by atoms with Gasteiger partial charge in [0.1, 0.15) is 47.9 Å². The van der Waals surface area contributed by atoms with Gasteiger partial charge in [-0.05, 0) is 89.8 Å². The van der Waals surface area contributed by atoms with Crippen LogP contribution in [0, 0.1) is 0 Å². The molecule has 3 aromatic rings. The zero-order valence-corrected chi connectivity index (χ0v) is 41.5. The summed E-state index contributed by atoms with van der Waals surface area (Å²) in [5.41, 5.74) is 17.9. The quantitative estimate of drug-likeness (QED) is 0.0373. The molecule has 7 atom stereocenters. The molecule has 21 heteroatoms. The minimum atomic E-state index is -1.29. The first-order chi connectivity index (χ1) is 33.8. The number of ether oxygens (including phenoxy) is 1. The van der Waals surface area contributed by atoms with Crippen LogP contribution < -0.4 is 43.8 Å². The zero-order valence-electron chi connectivity index (χ0n) is 41.5. The van der Waals surface area contributed by atoms with Gasteiger partial charge in [-0.15, -0.1) is 0 Å². The van der Waals surface area contributed by atoms with E-state index >= 15 is 0 Å². The van der Waals surface area contributed by atoms with Gasteiger partial charge >= 0.3 is 6.09 Å². The summed E-state index contributed by atoms with van der Waals surface area (Å²) in [5, 5.41) is 14.5. The maximum atomic E-state index is 14.9. The zero-order chi connectivity index (χ0) is 51.8. The highest BCUT2D eigenvalue weighted by Gasteiger charge is 2.44. The minimum Gasteiger partial charge on any atom is -0.444 e. The third-order valence-corrected chi connectivity index (χ3v) is 12.5. The molecule has 0 saturated carbocycles. The van der Waals surface area contributed by atoms with Crippen LogP contribution in [0.4, 0.5) is 4.79 Å². The number of primary amides is 1. The van der Waals surface area contributed by atoms with E-state index in [-0.39, 0.29) is 44.9 Å². The molecular formula is C50H72N12O9. The molecule has 386 valence electrons. The SMILES string of the molecule is CCCC[C@H](NC(=O)[C@@H]1CCCN1C(=O)[C@H]1CCCN1C(=O)[C@H](Cc1ccccc1)NC(=O)[C@@H](Cc1c[nH]c2ccccc12)NC(=O)[C@H](C)NC(=O)[C@H](CCCN=C(N)N)NC(=O)OC(C)(C)C)C(N)=O. The fourth-order valence-electron chi connectivity index (χ4n) is 8.89. The number of rotatable bonds is 23. The minimum absolute atomic E-state index is 0.0274. The number of hydrogen-bond donors (Lipinski definition) is 9. The standard InChI is InChI=1S/C50H72N12O9/c1-6-7-19-35(41(51)63)57-45(67)39-22-14-25-61(39)47(69)40-23-15-26-62(40)46(68)38(27-31-16-9-8-10-17-31)59-44(66)37(28-32-29-55-34-20-12-11-18-33(32)34)58-42(64)30(2)56-43(65)36(21-13-24-54-48(52)53)60-49(70)71-50(3,4)5/h8-12,16-18,20,29-30,35-40,55H,6-7,13-15,19,21-28H2,1-5H3,(H2,51,63)(H,56,65)(H,57,67)(H,58,64)(H,59,66)(H,60,70)(H4,52,53,54)/t30-,35-,36-,37+,38-,39-,40+/m0/s1. The predicted molar refractivity (Wildman–Crippen MR) is 267 cm³/mol. The number of nitrogens with two attached hydrogens (primary N) is 3. The van der Waals surface area contributed by atoms with Crippen molar-refractivity contribution >= 4 is 64.3 Å². The average molecular weight is 985 g/mol. The first-order valence-corrected chi connectivity index (χ1v) is 24.5. The van der Waals surface area contributed by atoms with E-state index in [4.69, 9.17) is 21.9 Å². The van der Waals surface area contributed by atoms with E-state index in [1.54, 1.807) is 39.1 Å². The molecule has 0 unspecified atom stereocenters. The van der Waals surface area contributed by atoms with Crippen LogP contribution in [0.2, 0.25) is 0 Å². The molecular weight excluding hydrogens is 913 g/mol. The molecule has 2 aliphatic rings. The highest BCUT2D eigenvalue weighted by molar-refractivity contribution is 5.98. The number of hydrogen-bond acceptors (Lipinski definition) is 10. The number of alkyl carbamates (subject to hydrolysis) is 1. The van der Waals surface area contributed by atoms with Crippen molar-refractivity contribution in [2.45, 2.75) is 153 Å². The van der Waals surface area contributed by atoms with Gasteiger partial charge in [0.2, 0.25) is 41.4 Å². The molecule has 3 heterocycles. The smallest absolute Gasteiger partial charge is 0.408 e. The largest absolute Gasteiger partial charge is 0.444 e. The number of likely N-dealkylation sites (tertiary alicyclic amines) is 2. The lowest BCUT2D eigenvalue weighted by atomic mass is 10.0. The Morgan fingerprint density at radius 2 is 1.37 bits per heavy atom. The Bertz CT molecular complexity index is 2380. The molecule has 2 fully saturated rings. The number of fused-ring (bicyclic) bond motifs is 1. The molecule has 21 nitrogen and oxygen atoms in total. The summed E-state index contributed by atoms with van der Waals surface area (Å²) in [6.07, 6.45) is 4.87. The third-order valence-electron chi connectivity index (χ3n) is 12.5. The lowest BCUT2D eigenvalue weighted by Gasteiger charge is -2.33. The van der Waals surface area contributed by atoms with Gasteiger partial charge < -0.3 is 63.3 Å². The summed E-state index contributed by atoms with van der Waals surface area (Å²) < 4.78 is 5.38. The number of aromatic amines is 1. The molecule has 1 aromatic heterocycles. The normalized spacial score (nSPS) is 17.8. The van der Waals surface area contributed by atoms with Gasteiger partial charge in [0.15, 0.2) is 5.96 Å². The molecule has 2 saturated heterocycles. The van der Waals surface area contributed by atoms with Crippen LogP contribution in [0.3, 0.4) is 0 Å². The molecule has 0 radical (unpaired) electrons. The van der Waals surface area contributed by atoms with Crippen molar-refractivity contribution in [2.75, 3.05) is 19.6 Å². The summed E-state index contributed by atoms with van der Waals surface area (Å²) in [4.78, 5) is 120. The van der Waals surface area contributed by atoms with Crippen molar-refractivity contribution in [3.05, 3.63) is 71.9 Å². The Balaban J connectivity index is 1.37. The Labute approximate surface area is 414 Å². The van der Waals surface area contributed by atoms with Crippen LogP contribution in [0.5, 0.6) is 0 Å². The van der Waals surface area contributed by atoms with Crippen LogP contribution in [0.15, 0.2) is 65.8 Å². The molecule has 2 aromatic carbocycles. The van der Waals surface area contributed by atoms with Crippen molar-refractivity contribution < 1.29 is 43.1 Å². The number of amides is 8. The Kier molecular flexibility index (Phi) is 19.7. The van der Waals surface area contributed by atoms with E-state index in [2.05, 4.69) is 36.6 Å². The maximum Gasteiger partial charge on any atom is 0.408 e. The van der Waals surface area contributed by atoms with E-state index in [9.17, 15) is 38.4 Å². The lowest BCUT2D eigenvalue weighted by molar-refractivity contribution is -0.148. The molecule has 0 aliphatic carbocycles. The lowest BCUT2D eigenvalue weighted by Crippen LogP contribution is -2.60. The van der Waals surface area contributed by atoms with Crippen LogP contribution in [0.25, 0.3) is 10.9 Å². The number of nitrogens with one attached hydrogen (secondary N) is 6. The second kappa shape index (κ2) is 25.6. The number of para-hydroxylation sites is 1. The number of H-pyrrole nitrogens is 1. The van der Waals surface area contributed by atoms with Gasteiger partial charge in [-0.1, -0.05) is 68.3 Å². The maximum absolute atomic E-state index is 14.9. The summed E-state index contributed by atoms with van der Waals surface area (Å²) in [6, 6.07) is 8.96. The summed E-state index contributed by atoms with van der Waals surface area (Å²) in [5.74, 6) is -4.33. The molecule has 2 aliphatic heterocycles. The van der Waals surface area contributed by atoms with Crippen molar-refractivity contribution in [2.24, 2.45) is 22.2 Å². The van der Waals surface area contributed by atoms with E-state index in [1.807, 2.05) is 49.4 Å². The van der Waals surface area contributed by atoms with E-state index in [0.29, 0.717) is 50.5 Å². The summed E-state index contributed by atoms with van der Waals surface area (Å²) in [7, 11) is 0. The van der Waals surface area contributed by atoms with Crippen molar-refractivity contribution in [1.29, 1.82) is 0 Å². The number of nitrogens with zero attached hydrogens (tertiary/aromatic N) is 3. The van der Waals surface area contributed by atoms with Gasteiger partial charge in [0.25, 0.3) is 0 Å². The molecule has 12 N–H and O–H groups in total. The van der Waals surface area contributed by atoms with E-state index < -0.39 is 95.3 Å². The molecule has 0 spiro atoms. The second-order valence-electron chi connectivity index (χ2n) is 19.2. The van der Waals surface area contributed by atoms with Gasteiger partial charge in [-0.3, -0.25) is 38.6 Å². The first kappa shape index (κ1) is 54.7. The van der Waals surface area contributed by atoms with Gasteiger partial charge in [0, 0.05) is 49.6 Å². The van der Waals surface area contributed by atoms with Crippen molar-refractivity contribution in [3.63, 3.8) is 0 Å². The highest BCUT2D eigenvalue weighted by atomic mass is 16.6. The topological polar surface area (TPSA) is 319 Å². The number of aliphatic imine (C=N–C) groups is 1. The Hall–Kier alpha value is -7.19. The fourth-order valence-corrected chi connectivity index (χ4v) is 8.89. The number of aromatic nitrogens is 1. The first-order valence-electron chi connectivity index (χ1n) is 24.5. The van der Waals surface area contributed by atoms with Crippen molar-refractivity contribution in [3.8, 4) is 0 Å². The fraction of sp³-hybridized carbons (Fsp3) is 0.540. The van der Waals surface area contributed by atoms with E-state index in [1.165, 1.54) is 16.7 Å². The van der Waals surface area contributed by atoms with Crippen LogP contribution in [-0.4, -0.2) is 136 Å². The second-order valence-corrected chi connectivity index (χ2v) is 19.2. The molecule has 5 rings (SSSR count). The molecule has 8 amide bonds. The Morgan fingerprint density at radius 3 is 2.04 bits per heavy atom. The third kappa shape index (κ3) is 15.9. The number of guanidine groups is 1. The monoisotopic (exact) mass is 985 g/mol. The Morgan fingerprint density at radius 1 is 0.732 bits per heavy atom. The predicted octanol–water partition coefficient (Wildman–Crippen LogP) is 1.52. The summed E-state index contributed by atoms with van der Waals surface area (Å²) >= 11 is 0. The van der Waals surface area contributed by atoms with E-state index in [0.717, 1.165) is 22.9 Å². The van der Waals surface area contributed by atoms with Crippen LogP contribution in [0.1, 0.15) is 104 Å². The van der Waals surface area contributed by atoms with Crippen LogP contribution in [-0.2, 0) is 51.1 Å². The number of carbonyl (C=O) groups is 8. The van der Waals surface area contributed by atoms with Crippen LogP contribution >= 0.6 is 0 Å². The molecule has 71 heavy (non-hydrogen) atoms. The van der Waals surface area contributed by atoms with Gasteiger partial charge in [0.05, 0.1) is 0 Å². The highest BCUT2D eigenvalue weighted by Crippen LogP contribution is 2.27. The summed E-state index contributed by atoms with van der Waals surface area (Å²) in [6.45, 7) is 9.08. The molecule has 0 bridgehead atoms. The van der Waals surface area contributed by atoms with Gasteiger partial charge in [-0.25, -0.2) is 4.79 Å².